The standard InChI is InChI=1S/C23H31NO5/c1-14-6-5-7-21(26)13-23(27-4)17(8-20(14,21)3)9-22(29-23)10-18-16(12-28-22)11-24-15(2)19(18)25/h9,11,14,25-26H,5-8,10,12-13H2,1-4H3/t14-,20+,21-,22?,23?/m0/s1. The number of rotatable bonds is 1. The molecule has 0 saturated heterocycles. The van der Waals surface area contributed by atoms with Crippen LogP contribution < -0.4 is 0 Å². The minimum absolute atomic E-state index is 0.210. The van der Waals surface area contributed by atoms with Crippen molar-refractivity contribution in [1.82, 2.24) is 4.98 Å². The summed E-state index contributed by atoms with van der Waals surface area (Å²) >= 11 is 0. The molecule has 5 atom stereocenters. The summed E-state index contributed by atoms with van der Waals surface area (Å²) in [5.74, 6) is -1.35. The van der Waals surface area contributed by atoms with E-state index in [1.54, 1.807) is 20.2 Å². The summed E-state index contributed by atoms with van der Waals surface area (Å²) in [6, 6.07) is 0. The van der Waals surface area contributed by atoms with E-state index in [4.69, 9.17) is 14.2 Å². The summed E-state index contributed by atoms with van der Waals surface area (Å²) in [4.78, 5) is 4.24. The topological polar surface area (TPSA) is 81.0 Å². The van der Waals surface area contributed by atoms with Crippen LogP contribution in [0.15, 0.2) is 17.8 Å². The fourth-order valence-electron chi connectivity index (χ4n) is 6.16. The summed E-state index contributed by atoms with van der Waals surface area (Å²) in [5.41, 5.74) is 2.31. The second kappa shape index (κ2) is 6.03. The number of methoxy groups -OCH3 is 1. The first kappa shape index (κ1) is 19.5. The zero-order chi connectivity index (χ0) is 20.7. The van der Waals surface area contributed by atoms with Crippen LogP contribution in [0.2, 0.25) is 0 Å². The molecule has 2 N–H and O–H groups in total. The Balaban J connectivity index is 1.56. The number of aryl methyl sites for hydroxylation is 1. The molecule has 4 aliphatic rings. The molecule has 2 unspecified atom stereocenters. The molecule has 0 radical (unpaired) electrons. The first-order chi connectivity index (χ1) is 13.7. The van der Waals surface area contributed by atoms with Crippen molar-refractivity contribution in [3.05, 3.63) is 34.7 Å². The molecule has 6 nitrogen and oxygen atoms in total. The Labute approximate surface area is 171 Å². The number of hydrogen-bond acceptors (Lipinski definition) is 6. The van der Waals surface area contributed by atoms with Crippen LogP contribution >= 0.6 is 0 Å². The highest BCUT2D eigenvalue weighted by Crippen LogP contribution is 2.63. The van der Waals surface area contributed by atoms with E-state index in [1.807, 2.05) is 0 Å². The van der Waals surface area contributed by atoms with Crippen LogP contribution in [0.5, 0.6) is 5.75 Å². The largest absolute Gasteiger partial charge is 0.506 e. The molecular formula is C23H31NO5. The van der Waals surface area contributed by atoms with Crippen LogP contribution in [0.1, 0.15) is 62.8 Å². The lowest BCUT2D eigenvalue weighted by Gasteiger charge is -2.59. The second-order valence-corrected chi connectivity index (χ2v) is 9.80. The minimum atomic E-state index is -0.993. The number of nitrogens with zero attached hydrogens (tertiary/aromatic N) is 1. The van der Waals surface area contributed by atoms with Crippen LogP contribution in [0.25, 0.3) is 0 Å². The van der Waals surface area contributed by atoms with E-state index in [0.717, 1.165) is 42.4 Å². The van der Waals surface area contributed by atoms with Gasteiger partial charge in [0.1, 0.15) is 5.75 Å². The van der Waals surface area contributed by atoms with Gasteiger partial charge in [-0.3, -0.25) is 4.98 Å². The molecule has 0 amide bonds. The molecule has 6 heteroatoms. The van der Waals surface area contributed by atoms with E-state index < -0.39 is 17.2 Å². The lowest BCUT2D eigenvalue weighted by atomic mass is 9.51. The molecule has 2 saturated carbocycles. The number of aromatic hydroxyl groups is 1. The molecule has 1 aromatic heterocycles. The smallest absolute Gasteiger partial charge is 0.197 e. The number of aliphatic hydroxyl groups is 1. The molecule has 3 heterocycles. The molecule has 0 bridgehead atoms. The van der Waals surface area contributed by atoms with Crippen molar-refractivity contribution in [2.24, 2.45) is 11.3 Å². The van der Waals surface area contributed by atoms with Gasteiger partial charge in [-0.15, -0.1) is 0 Å². The number of ether oxygens (including phenoxy) is 3. The van der Waals surface area contributed by atoms with Crippen LogP contribution in [0, 0.1) is 18.3 Å². The minimum Gasteiger partial charge on any atom is -0.506 e. The third-order valence-electron chi connectivity index (χ3n) is 8.34. The van der Waals surface area contributed by atoms with E-state index in [-0.39, 0.29) is 11.2 Å². The van der Waals surface area contributed by atoms with E-state index in [2.05, 4.69) is 24.9 Å². The summed E-state index contributed by atoms with van der Waals surface area (Å²) in [6.07, 6.45) is 8.25. The van der Waals surface area contributed by atoms with Crippen LogP contribution in [-0.2, 0) is 27.2 Å². The Morgan fingerprint density at radius 2 is 2.10 bits per heavy atom. The highest BCUT2D eigenvalue weighted by atomic mass is 16.8. The molecule has 1 spiro atoms. The average molecular weight is 402 g/mol. The number of hydrogen-bond donors (Lipinski definition) is 2. The third kappa shape index (κ3) is 2.52. The van der Waals surface area contributed by atoms with Crippen molar-refractivity contribution in [2.45, 2.75) is 83.1 Å². The number of fused-ring (bicyclic) bond motifs is 3. The zero-order valence-electron chi connectivity index (χ0n) is 17.7. The molecule has 5 rings (SSSR count). The van der Waals surface area contributed by atoms with Gasteiger partial charge in [-0.1, -0.05) is 20.3 Å². The highest BCUT2D eigenvalue weighted by Gasteiger charge is 2.66. The molecule has 0 aromatic carbocycles. The van der Waals surface area contributed by atoms with Crippen molar-refractivity contribution in [3.8, 4) is 5.75 Å². The Morgan fingerprint density at radius 3 is 2.86 bits per heavy atom. The first-order valence-corrected chi connectivity index (χ1v) is 10.7. The Hall–Kier alpha value is -1.47. The molecule has 2 aliphatic carbocycles. The van der Waals surface area contributed by atoms with Gasteiger partial charge >= 0.3 is 0 Å². The molecule has 158 valence electrons. The number of pyridine rings is 1. The summed E-state index contributed by atoms with van der Waals surface area (Å²) in [7, 11) is 1.65. The van der Waals surface area contributed by atoms with Crippen LogP contribution in [0.3, 0.4) is 0 Å². The SMILES string of the molecule is COC12C[C@@]3(O)CCC[C@H](C)[C@@]3(C)CC1=CC1(Cc3c(cnc(C)c3O)CO1)O2. The Morgan fingerprint density at radius 1 is 1.31 bits per heavy atom. The summed E-state index contributed by atoms with van der Waals surface area (Å²) in [5, 5.41) is 22.3. The van der Waals surface area contributed by atoms with Crippen molar-refractivity contribution in [2.75, 3.05) is 7.11 Å². The van der Waals surface area contributed by atoms with Crippen LogP contribution in [-0.4, -0.2) is 39.5 Å². The predicted octanol–water partition coefficient (Wildman–Crippen LogP) is 3.52. The van der Waals surface area contributed by atoms with Gasteiger partial charge < -0.3 is 24.4 Å². The molecule has 29 heavy (non-hydrogen) atoms. The van der Waals surface area contributed by atoms with Crippen molar-refractivity contribution >= 4 is 0 Å². The van der Waals surface area contributed by atoms with E-state index >= 15 is 0 Å². The predicted molar refractivity (Wildman–Crippen MR) is 106 cm³/mol. The maximum absolute atomic E-state index is 11.7. The van der Waals surface area contributed by atoms with Crippen molar-refractivity contribution in [1.29, 1.82) is 0 Å². The first-order valence-electron chi connectivity index (χ1n) is 10.7. The lowest BCUT2D eigenvalue weighted by Crippen LogP contribution is -2.62. The van der Waals surface area contributed by atoms with Gasteiger partial charge in [0.05, 0.1) is 17.9 Å². The van der Waals surface area contributed by atoms with Gasteiger partial charge in [0.25, 0.3) is 0 Å². The second-order valence-electron chi connectivity index (χ2n) is 9.80. The van der Waals surface area contributed by atoms with Gasteiger partial charge in [0.2, 0.25) is 0 Å². The fourth-order valence-corrected chi connectivity index (χ4v) is 6.16. The lowest BCUT2D eigenvalue weighted by molar-refractivity contribution is -0.338. The van der Waals surface area contributed by atoms with Crippen molar-refractivity contribution < 1.29 is 24.4 Å². The Bertz CT molecular complexity index is 899. The van der Waals surface area contributed by atoms with E-state index in [0.29, 0.717) is 31.1 Å². The maximum atomic E-state index is 11.7. The highest BCUT2D eigenvalue weighted by molar-refractivity contribution is 5.44. The zero-order valence-corrected chi connectivity index (χ0v) is 17.7. The quantitative estimate of drug-likeness (QED) is 0.701. The van der Waals surface area contributed by atoms with E-state index in [9.17, 15) is 10.2 Å². The number of aromatic nitrogens is 1. The van der Waals surface area contributed by atoms with Gasteiger partial charge in [0.15, 0.2) is 11.6 Å². The van der Waals surface area contributed by atoms with Gasteiger partial charge in [-0.05, 0) is 43.8 Å². The van der Waals surface area contributed by atoms with Gasteiger partial charge in [-0.25, -0.2) is 0 Å². The molecule has 2 aliphatic heterocycles. The monoisotopic (exact) mass is 401 g/mol. The summed E-state index contributed by atoms with van der Waals surface area (Å²) < 4.78 is 18.7. The fraction of sp³-hybridized carbons (Fsp3) is 0.696. The third-order valence-corrected chi connectivity index (χ3v) is 8.34. The Kier molecular flexibility index (Phi) is 4.06. The van der Waals surface area contributed by atoms with Gasteiger partial charge in [0, 0.05) is 42.7 Å². The summed E-state index contributed by atoms with van der Waals surface area (Å²) in [6.45, 7) is 6.57. The van der Waals surface area contributed by atoms with E-state index in [1.165, 1.54) is 0 Å². The van der Waals surface area contributed by atoms with Crippen molar-refractivity contribution in [3.63, 3.8) is 0 Å². The molecule has 1 aromatic rings. The average Bonchev–Trinajstić information content (AvgIpc) is 2.97. The molecule has 2 fully saturated rings. The maximum Gasteiger partial charge on any atom is 0.197 e. The molecular weight excluding hydrogens is 370 g/mol. The normalized spacial score (nSPS) is 43.5. The van der Waals surface area contributed by atoms with Crippen LogP contribution in [0.4, 0.5) is 0 Å². The van der Waals surface area contributed by atoms with Gasteiger partial charge in [-0.2, -0.15) is 0 Å².